The van der Waals surface area contributed by atoms with E-state index in [-0.39, 0.29) is 5.91 Å². The molecule has 1 aromatic heterocycles. The van der Waals surface area contributed by atoms with Crippen LogP contribution in [-0.4, -0.2) is 47.8 Å². The first-order chi connectivity index (χ1) is 13.4. The van der Waals surface area contributed by atoms with Crippen LogP contribution in [0.3, 0.4) is 0 Å². The number of carbonyl (C=O) groups excluding carboxylic acids is 1. The molecule has 0 aliphatic heterocycles. The van der Waals surface area contributed by atoms with Crippen molar-refractivity contribution in [3.8, 4) is 5.75 Å². The number of fused-ring (bicyclic) bond motifs is 1. The predicted octanol–water partition coefficient (Wildman–Crippen LogP) is 2.90. The molecule has 28 heavy (non-hydrogen) atoms. The maximum atomic E-state index is 12.7. The lowest BCUT2D eigenvalue weighted by Crippen LogP contribution is -2.35. The third-order valence-corrected chi connectivity index (χ3v) is 5.22. The molecule has 1 atom stereocenters. The van der Waals surface area contributed by atoms with Crippen LogP contribution in [-0.2, 0) is 25.9 Å². The first kappa shape index (κ1) is 20.4. The molecule has 0 unspecified atom stereocenters. The first-order valence-electron chi connectivity index (χ1n) is 10.1. The fourth-order valence-electron chi connectivity index (χ4n) is 3.79. The number of rotatable bonds is 7. The summed E-state index contributed by atoms with van der Waals surface area (Å²) in [5.74, 6) is 1.36. The van der Waals surface area contributed by atoms with Crippen LogP contribution in [0, 0.1) is 5.92 Å². The molecule has 1 aliphatic rings. The highest BCUT2D eigenvalue weighted by Crippen LogP contribution is 2.26. The molecule has 0 saturated heterocycles. The van der Waals surface area contributed by atoms with Gasteiger partial charge in [0.2, 0.25) is 0 Å². The number of carbonyl (C=O) groups is 1. The Morgan fingerprint density at radius 3 is 2.86 bits per heavy atom. The number of ether oxygens (including phenoxy) is 1. The van der Waals surface area contributed by atoms with Crippen molar-refractivity contribution < 1.29 is 9.53 Å². The number of hydrogen-bond donors (Lipinski definition) is 1. The van der Waals surface area contributed by atoms with E-state index >= 15 is 0 Å². The molecule has 6 heteroatoms. The number of aromatic nitrogens is 2. The van der Waals surface area contributed by atoms with Crippen LogP contribution in [0.5, 0.6) is 5.75 Å². The van der Waals surface area contributed by atoms with Crippen molar-refractivity contribution >= 4 is 5.91 Å². The van der Waals surface area contributed by atoms with Crippen molar-refractivity contribution in [2.75, 3.05) is 21.2 Å². The largest absolute Gasteiger partial charge is 0.497 e. The Kier molecular flexibility index (Phi) is 6.39. The molecule has 1 N–H and O–H groups in total. The molecular formula is C22H32N4O2. The normalized spacial score (nSPS) is 16.1. The quantitative estimate of drug-likeness (QED) is 0.797. The van der Waals surface area contributed by atoms with Crippen LogP contribution in [0.15, 0.2) is 24.3 Å². The van der Waals surface area contributed by atoms with Gasteiger partial charge in [0.15, 0.2) is 5.69 Å². The molecule has 1 aromatic carbocycles. The fourth-order valence-corrected chi connectivity index (χ4v) is 3.79. The maximum Gasteiger partial charge on any atom is 0.274 e. The van der Waals surface area contributed by atoms with E-state index in [1.807, 2.05) is 12.1 Å². The van der Waals surface area contributed by atoms with Gasteiger partial charge in [0.1, 0.15) is 5.75 Å². The standard InChI is InChI=1S/C22H32N4O2/c1-15(2)14-26-20-10-9-17(12-19(20)21(24-26)22(27)25(3)4)23-13-16-7-6-8-18(11-16)28-5/h6-8,11,15,17,23H,9-10,12-14H2,1-5H3/t17-/m0/s1. The van der Waals surface area contributed by atoms with Crippen LogP contribution < -0.4 is 10.1 Å². The first-order valence-corrected chi connectivity index (χ1v) is 10.1. The van der Waals surface area contributed by atoms with Gasteiger partial charge in [-0.3, -0.25) is 9.48 Å². The maximum absolute atomic E-state index is 12.7. The van der Waals surface area contributed by atoms with Gasteiger partial charge in [-0.25, -0.2) is 0 Å². The monoisotopic (exact) mass is 384 g/mol. The van der Waals surface area contributed by atoms with E-state index in [9.17, 15) is 4.79 Å². The number of methoxy groups -OCH3 is 1. The molecule has 6 nitrogen and oxygen atoms in total. The van der Waals surface area contributed by atoms with Gasteiger partial charge < -0.3 is 15.0 Å². The predicted molar refractivity (Wildman–Crippen MR) is 111 cm³/mol. The fraction of sp³-hybridized carbons (Fsp3) is 0.545. The smallest absolute Gasteiger partial charge is 0.274 e. The molecule has 0 spiro atoms. The Hall–Kier alpha value is -2.34. The van der Waals surface area contributed by atoms with E-state index in [2.05, 4.69) is 36.0 Å². The van der Waals surface area contributed by atoms with E-state index in [0.29, 0.717) is 17.7 Å². The highest BCUT2D eigenvalue weighted by Gasteiger charge is 2.29. The van der Waals surface area contributed by atoms with Crippen molar-refractivity contribution in [2.24, 2.45) is 5.92 Å². The SMILES string of the molecule is COc1cccc(CN[C@H]2CCc3c(c(C(=O)N(C)C)nn3CC(C)C)C2)c1. The van der Waals surface area contributed by atoms with Crippen molar-refractivity contribution in [1.82, 2.24) is 20.0 Å². The van der Waals surface area contributed by atoms with Crippen LogP contribution in [0.2, 0.25) is 0 Å². The second kappa shape index (κ2) is 8.78. The van der Waals surface area contributed by atoms with Crippen LogP contribution >= 0.6 is 0 Å². The summed E-state index contributed by atoms with van der Waals surface area (Å²) in [5.41, 5.74) is 4.17. The van der Waals surface area contributed by atoms with Crippen molar-refractivity contribution in [3.63, 3.8) is 0 Å². The van der Waals surface area contributed by atoms with E-state index in [1.54, 1.807) is 26.1 Å². The number of hydrogen-bond acceptors (Lipinski definition) is 4. The van der Waals surface area contributed by atoms with Crippen LogP contribution in [0.4, 0.5) is 0 Å². The van der Waals surface area contributed by atoms with Gasteiger partial charge in [-0.2, -0.15) is 5.10 Å². The zero-order chi connectivity index (χ0) is 20.3. The summed E-state index contributed by atoms with van der Waals surface area (Å²) >= 11 is 0. The third kappa shape index (κ3) is 4.55. The molecule has 0 bridgehead atoms. The minimum Gasteiger partial charge on any atom is -0.497 e. The summed E-state index contributed by atoms with van der Waals surface area (Å²) in [6.07, 6.45) is 2.84. The third-order valence-electron chi connectivity index (χ3n) is 5.22. The Bertz CT molecular complexity index is 826. The summed E-state index contributed by atoms with van der Waals surface area (Å²) < 4.78 is 7.38. The summed E-state index contributed by atoms with van der Waals surface area (Å²) in [4.78, 5) is 14.3. The summed E-state index contributed by atoms with van der Waals surface area (Å²) in [6, 6.07) is 8.47. The molecule has 2 aromatic rings. The van der Waals surface area contributed by atoms with Crippen molar-refractivity contribution in [3.05, 3.63) is 46.8 Å². The summed E-state index contributed by atoms with van der Waals surface area (Å²) in [6.45, 7) is 6.00. The van der Waals surface area contributed by atoms with Crippen LogP contribution in [0.25, 0.3) is 0 Å². The Morgan fingerprint density at radius 2 is 2.18 bits per heavy atom. The van der Waals surface area contributed by atoms with E-state index in [4.69, 9.17) is 9.84 Å². The molecule has 1 amide bonds. The average Bonchev–Trinajstić information content (AvgIpc) is 3.02. The van der Waals surface area contributed by atoms with Gasteiger partial charge in [-0.1, -0.05) is 26.0 Å². The molecule has 1 heterocycles. The number of nitrogens with one attached hydrogen (secondary N) is 1. The molecule has 152 valence electrons. The van der Waals surface area contributed by atoms with E-state index in [1.165, 1.54) is 11.3 Å². The molecule has 0 radical (unpaired) electrons. The Morgan fingerprint density at radius 1 is 1.39 bits per heavy atom. The van der Waals surface area contributed by atoms with Crippen LogP contribution in [0.1, 0.15) is 47.6 Å². The van der Waals surface area contributed by atoms with Gasteiger partial charge in [0.05, 0.1) is 7.11 Å². The minimum atomic E-state index is -0.00722. The number of benzene rings is 1. The average molecular weight is 385 g/mol. The zero-order valence-corrected chi connectivity index (χ0v) is 17.7. The number of nitrogens with zero attached hydrogens (tertiary/aromatic N) is 3. The molecule has 3 rings (SSSR count). The lowest BCUT2D eigenvalue weighted by molar-refractivity contribution is 0.0819. The Balaban J connectivity index is 1.76. The molecule has 0 fully saturated rings. The summed E-state index contributed by atoms with van der Waals surface area (Å²) in [5, 5.41) is 8.37. The van der Waals surface area contributed by atoms with Crippen molar-refractivity contribution in [1.29, 1.82) is 0 Å². The van der Waals surface area contributed by atoms with Crippen molar-refractivity contribution in [2.45, 2.75) is 52.2 Å². The topological polar surface area (TPSA) is 59.4 Å². The lowest BCUT2D eigenvalue weighted by Gasteiger charge is -2.25. The lowest BCUT2D eigenvalue weighted by atomic mass is 9.90. The molecule has 1 aliphatic carbocycles. The molecular weight excluding hydrogens is 352 g/mol. The second-order valence-corrected chi connectivity index (χ2v) is 8.22. The highest BCUT2D eigenvalue weighted by molar-refractivity contribution is 5.93. The van der Waals surface area contributed by atoms with Gasteiger partial charge in [-0.15, -0.1) is 0 Å². The highest BCUT2D eigenvalue weighted by atomic mass is 16.5. The summed E-state index contributed by atoms with van der Waals surface area (Å²) in [7, 11) is 5.27. The van der Waals surface area contributed by atoms with Gasteiger partial charge >= 0.3 is 0 Å². The second-order valence-electron chi connectivity index (χ2n) is 8.22. The number of amides is 1. The Labute approximate surface area is 167 Å². The zero-order valence-electron chi connectivity index (χ0n) is 17.7. The molecule has 0 saturated carbocycles. The van der Waals surface area contributed by atoms with E-state index < -0.39 is 0 Å². The minimum absolute atomic E-state index is 0.00722. The van der Waals surface area contributed by atoms with E-state index in [0.717, 1.165) is 43.7 Å². The van der Waals surface area contributed by atoms with Gasteiger partial charge in [-0.05, 0) is 42.9 Å². The van der Waals surface area contributed by atoms with Gasteiger partial charge in [0.25, 0.3) is 5.91 Å². The van der Waals surface area contributed by atoms with Gasteiger partial charge in [0, 0.05) is 44.5 Å².